The summed E-state index contributed by atoms with van der Waals surface area (Å²) in [4.78, 5) is 0. The fraction of sp³-hybridized carbons (Fsp3) is 0.300. The minimum absolute atomic E-state index is 0. The quantitative estimate of drug-likeness (QED) is 0.778. The molecule has 0 aliphatic rings. The van der Waals surface area contributed by atoms with Crippen LogP contribution >= 0.6 is 12.4 Å². The van der Waals surface area contributed by atoms with Crippen LogP contribution in [0.15, 0.2) is 24.3 Å². The first-order valence-electron chi connectivity index (χ1n) is 4.09. The third-order valence-electron chi connectivity index (χ3n) is 1.96. The molecule has 2 atom stereocenters. The molecule has 76 valence electrons. The van der Waals surface area contributed by atoms with E-state index in [2.05, 4.69) is 0 Å². The van der Waals surface area contributed by atoms with Crippen LogP contribution in [0.1, 0.15) is 24.1 Å². The molecular formula is C10H13ClN2O. The zero-order chi connectivity index (χ0) is 9.84. The Kier molecular flexibility index (Phi) is 5.18. The summed E-state index contributed by atoms with van der Waals surface area (Å²) in [5.74, 6) is 0. The van der Waals surface area contributed by atoms with Crippen LogP contribution in [-0.4, -0.2) is 11.2 Å². The molecule has 14 heavy (non-hydrogen) atoms. The topological polar surface area (TPSA) is 70.0 Å². The molecule has 3 N–H and O–H groups in total. The van der Waals surface area contributed by atoms with E-state index in [1.807, 2.05) is 6.07 Å². The second-order valence-corrected chi connectivity index (χ2v) is 2.97. The van der Waals surface area contributed by atoms with Crippen molar-refractivity contribution in [2.24, 2.45) is 5.73 Å². The molecule has 0 spiro atoms. The Labute approximate surface area is 89.6 Å². The normalized spacial score (nSPS) is 13.6. The number of nitrogens with two attached hydrogens (primary N) is 1. The summed E-state index contributed by atoms with van der Waals surface area (Å²) in [6.45, 7) is 1.61. The largest absolute Gasteiger partial charge is 0.391 e. The molecule has 0 aliphatic carbocycles. The first-order chi connectivity index (χ1) is 6.16. The molecule has 0 amide bonds. The van der Waals surface area contributed by atoms with Gasteiger partial charge in [0.25, 0.3) is 0 Å². The molecule has 4 heteroatoms. The number of rotatable bonds is 2. The lowest BCUT2D eigenvalue weighted by atomic mass is 9.98. The predicted molar refractivity (Wildman–Crippen MR) is 57.0 cm³/mol. The minimum Gasteiger partial charge on any atom is -0.391 e. The highest BCUT2D eigenvalue weighted by atomic mass is 35.5. The SMILES string of the molecule is C[C@H](O)[C@H](N)c1ccccc1C#N.Cl. The van der Waals surface area contributed by atoms with Gasteiger partial charge in [0.05, 0.1) is 23.8 Å². The Balaban J connectivity index is 0.00000169. The van der Waals surface area contributed by atoms with Gasteiger partial charge < -0.3 is 10.8 Å². The zero-order valence-electron chi connectivity index (χ0n) is 7.84. The summed E-state index contributed by atoms with van der Waals surface area (Å²) in [6.07, 6.45) is -0.644. The van der Waals surface area contributed by atoms with Crippen LogP contribution < -0.4 is 5.73 Å². The number of benzene rings is 1. The van der Waals surface area contributed by atoms with Gasteiger partial charge >= 0.3 is 0 Å². The highest BCUT2D eigenvalue weighted by Gasteiger charge is 2.14. The van der Waals surface area contributed by atoms with Crippen molar-refractivity contribution in [2.45, 2.75) is 19.1 Å². The number of hydrogen-bond acceptors (Lipinski definition) is 3. The third kappa shape index (κ3) is 2.71. The molecule has 0 bridgehead atoms. The molecule has 1 aromatic carbocycles. The number of aliphatic hydroxyl groups excluding tert-OH is 1. The molecule has 1 rings (SSSR count). The van der Waals surface area contributed by atoms with Crippen molar-refractivity contribution in [2.75, 3.05) is 0 Å². The van der Waals surface area contributed by atoms with Gasteiger partial charge in [-0.05, 0) is 18.6 Å². The smallest absolute Gasteiger partial charge is 0.0995 e. The van der Waals surface area contributed by atoms with Crippen LogP contribution in [-0.2, 0) is 0 Å². The Hall–Kier alpha value is -1.08. The Morgan fingerprint density at radius 3 is 2.50 bits per heavy atom. The minimum atomic E-state index is -0.644. The highest BCUT2D eigenvalue weighted by molar-refractivity contribution is 5.85. The van der Waals surface area contributed by atoms with Crippen LogP contribution in [0.3, 0.4) is 0 Å². The van der Waals surface area contributed by atoms with E-state index >= 15 is 0 Å². The number of hydrogen-bond donors (Lipinski definition) is 2. The lowest BCUT2D eigenvalue weighted by molar-refractivity contribution is 0.164. The number of aliphatic hydroxyl groups is 1. The van der Waals surface area contributed by atoms with Gasteiger partial charge in [0.15, 0.2) is 0 Å². The molecule has 0 saturated heterocycles. The lowest BCUT2D eigenvalue weighted by Gasteiger charge is -2.15. The third-order valence-corrected chi connectivity index (χ3v) is 1.96. The average molecular weight is 213 g/mol. The van der Waals surface area contributed by atoms with Crippen molar-refractivity contribution in [3.8, 4) is 6.07 Å². The van der Waals surface area contributed by atoms with E-state index in [9.17, 15) is 5.11 Å². The maximum atomic E-state index is 9.26. The molecule has 0 fully saturated rings. The van der Waals surface area contributed by atoms with Crippen LogP contribution in [0.2, 0.25) is 0 Å². The molecular weight excluding hydrogens is 200 g/mol. The standard InChI is InChI=1S/C10H12N2O.ClH/c1-7(13)10(12)9-5-3-2-4-8(9)6-11;/h2-5,7,10,13H,12H2,1H3;1H/t7-,10-;/m0./s1. The first-order valence-corrected chi connectivity index (χ1v) is 4.09. The van der Waals surface area contributed by atoms with Gasteiger partial charge in [0.1, 0.15) is 0 Å². The van der Waals surface area contributed by atoms with E-state index in [4.69, 9.17) is 11.0 Å². The number of nitriles is 1. The maximum absolute atomic E-state index is 9.26. The van der Waals surface area contributed by atoms with E-state index in [1.54, 1.807) is 31.2 Å². The summed E-state index contributed by atoms with van der Waals surface area (Å²) in [7, 11) is 0. The van der Waals surface area contributed by atoms with Crippen LogP contribution in [0, 0.1) is 11.3 Å². The second-order valence-electron chi connectivity index (χ2n) is 2.97. The van der Waals surface area contributed by atoms with Crippen molar-refractivity contribution in [1.29, 1.82) is 5.26 Å². The Morgan fingerprint density at radius 2 is 2.00 bits per heavy atom. The number of nitrogens with zero attached hydrogens (tertiary/aromatic N) is 1. The van der Waals surface area contributed by atoms with Crippen molar-refractivity contribution in [1.82, 2.24) is 0 Å². The monoisotopic (exact) mass is 212 g/mol. The van der Waals surface area contributed by atoms with Gasteiger partial charge in [-0.3, -0.25) is 0 Å². The summed E-state index contributed by atoms with van der Waals surface area (Å²) in [6, 6.07) is 8.58. The van der Waals surface area contributed by atoms with Crippen molar-refractivity contribution in [3.63, 3.8) is 0 Å². The molecule has 0 aliphatic heterocycles. The van der Waals surface area contributed by atoms with E-state index in [1.165, 1.54) is 0 Å². The molecule has 3 nitrogen and oxygen atoms in total. The average Bonchev–Trinajstić information content (AvgIpc) is 2.16. The summed E-state index contributed by atoms with van der Waals surface area (Å²) in [5, 5.41) is 18.0. The van der Waals surface area contributed by atoms with Crippen LogP contribution in [0.5, 0.6) is 0 Å². The first kappa shape index (κ1) is 12.9. The van der Waals surface area contributed by atoms with Gasteiger partial charge in [-0.25, -0.2) is 0 Å². The fourth-order valence-electron chi connectivity index (χ4n) is 1.15. The molecule has 0 heterocycles. The Morgan fingerprint density at radius 1 is 1.43 bits per heavy atom. The molecule has 0 saturated carbocycles. The number of halogens is 1. The van der Waals surface area contributed by atoms with E-state index in [-0.39, 0.29) is 12.4 Å². The van der Waals surface area contributed by atoms with Gasteiger partial charge in [0.2, 0.25) is 0 Å². The van der Waals surface area contributed by atoms with Gasteiger partial charge in [-0.1, -0.05) is 18.2 Å². The van der Waals surface area contributed by atoms with Crippen molar-refractivity contribution in [3.05, 3.63) is 35.4 Å². The van der Waals surface area contributed by atoms with E-state index in [0.717, 1.165) is 0 Å². The van der Waals surface area contributed by atoms with E-state index < -0.39 is 12.1 Å². The second kappa shape index (κ2) is 5.61. The summed E-state index contributed by atoms with van der Waals surface area (Å²) in [5.41, 5.74) is 6.93. The Bertz CT molecular complexity index is 333. The molecule has 0 unspecified atom stereocenters. The molecule has 0 aromatic heterocycles. The predicted octanol–water partition coefficient (Wildman–Crippen LogP) is 1.36. The summed E-state index contributed by atoms with van der Waals surface area (Å²) >= 11 is 0. The van der Waals surface area contributed by atoms with Crippen LogP contribution in [0.4, 0.5) is 0 Å². The summed E-state index contributed by atoms with van der Waals surface area (Å²) < 4.78 is 0. The fourth-order valence-corrected chi connectivity index (χ4v) is 1.15. The van der Waals surface area contributed by atoms with Gasteiger partial charge in [-0.2, -0.15) is 5.26 Å². The zero-order valence-corrected chi connectivity index (χ0v) is 8.66. The highest BCUT2D eigenvalue weighted by Crippen LogP contribution is 2.17. The van der Waals surface area contributed by atoms with Crippen molar-refractivity contribution < 1.29 is 5.11 Å². The lowest BCUT2D eigenvalue weighted by Crippen LogP contribution is -2.23. The van der Waals surface area contributed by atoms with Crippen molar-refractivity contribution >= 4 is 12.4 Å². The molecule has 0 radical (unpaired) electrons. The van der Waals surface area contributed by atoms with Gasteiger partial charge in [-0.15, -0.1) is 12.4 Å². The van der Waals surface area contributed by atoms with Crippen LogP contribution in [0.25, 0.3) is 0 Å². The van der Waals surface area contributed by atoms with E-state index in [0.29, 0.717) is 11.1 Å². The van der Waals surface area contributed by atoms with Gasteiger partial charge in [0, 0.05) is 0 Å². The molecule has 1 aromatic rings. The maximum Gasteiger partial charge on any atom is 0.0995 e.